The lowest BCUT2D eigenvalue weighted by atomic mass is 9.80. The third-order valence-electron chi connectivity index (χ3n) is 4.41. The topological polar surface area (TPSA) is 63.2 Å². The van der Waals surface area contributed by atoms with Crippen molar-refractivity contribution in [2.75, 3.05) is 23.9 Å². The van der Waals surface area contributed by atoms with Gasteiger partial charge in [-0.1, -0.05) is 12.8 Å². The molecular weight excluding hydrogens is 286 g/mol. The van der Waals surface area contributed by atoms with Crippen LogP contribution in [0.4, 0.5) is 0 Å². The molecule has 6 heteroatoms. The Morgan fingerprint density at radius 1 is 1.16 bits per heavy atom. The molecule has 2 aliphatic rings. The molecule has 1 aliphatic heterocycles. The Hall–Kier alpha value is -0.290. The molecule has 0 radical (unpaired) electrons. The van der Waals surface area contributed by atoms with Crippen LogP contribution in [0.25, 0.3) is 0 Å². The second kappa shape index (κ2) is 6.44. The van der Waals surface area contributed by atoms with Crippen LogP contribution in [0.3, 0.4) is 0 Å². The van der Waals surface area contributed by atoms with E-state index in [2.05, 4.69) is 5.32 Å². The highest BCUT2D eigenvalue weighted by Crippen LogP contribution is 2.30. The highest BCUT2D eigenvalue weighted by molar-refractivity contribution is 7.91. The fourth-order valence-corrected chi connectivity index (χ4v) is 5.28. The smallest absolute Gasteiger partial charge is 0.224 e. The minimum atomic E-state index is -2.98. The molecule has 3 unspecified atom stereocenters. The average Bonchev–Trinajstić information content (AvgIpc) is 2.76. The summed E-state index contributed by atoms with van der Waals surface area (Å²) in [6.45, 7) is 0.646. The van der Waals surface area contributed by atoms with E-state index in [1.54, 1.807) is 0 Å². The van der Waals surface area contributed by atoms with E-state index >= 15 is 0 Å². The molecule has 1 amide bonds. The Balaban J connectivity index is 1.80. The van der Waals surface area contributed by atoms with Crippen molar-refractivity contribution in [2.24, 2.45) is 17.8 Å². The molecule has 3 atom stereocenters. The van der Waals surface area contributed by atoms with Crippen molar-refractivity contribution in [1.29, 1.82) is 0 Å². The number of amides is 1. The third kappa shape index (κ3) is 4.09. The van der Waals surface area contributed by atoms with E-state index in [1.807, 2.05) is 0 Å². The van der Waals surface area contributed by atoms with Crippen LogP contribution in [0.2, 0.25) is 0 Å². The van der Waals surface area contributed by atoms with Gasteiger partial charge in [-0.3, -0.25) is 4.79 Å². The molecule has 1 saturated heterocycles. The van der Waals surface area contributed by atoms with Gasteiger partial charge in [0, 0.05) is 12.4 Å². The number of alkyl halides is 1. The Morgan fingerprint density at radius 2 is 1.84 bits per heavy atom. The van der Waals surface area contributed by atoms with Gasteiger partial charge in [0.15, 0.2) is 9.84 Å². The Bertz CT molecular complexity index is 424. The average molecular weight is 308 g/mol. The summed E-state index contributed by atoms with van der Waals surface area (Å²) in [5.74, 6) is 1.32. The number of nitrogens with one attached hydrogen (secondary N) is 1. The number of rotatable bonds is 4. The highest BCUT2D eigenvalue weighted by Gasteiger charge is 2.33. The molecule has 4 nitrogen and oxygen atoms in total. The van der Waals surface area contributed by atoms with Crippen LogP contribution in [0.5, 0.6) is 0 Å². The lowest BCUT2D eigenvalue weighted by Gasteiger charge is -2.30. The van der Waals surface area contributed by atoms with Gasteiger partial charge in [0.1, 0.15) is 0 Å². The van der Waals surface area contributed by atoms with Gasteiger partial charge in [-0.2, -0.15) is 0 Å². The molecule has 2 fully saturated rings. The minimum absolute atomic E-state index is 0.0163. The quantitative estimate of drug-likeness (QED) is 0.802. The van der Waals surface area contributed by atoms with Gasteiger partial charge in [-0.05, 0) is 31.1 Å². The highest BCUT2D eigenvalue weighted by atomic mass is 35.5. The van der Waals surface area contributed by atoms with E-state index in [9.17, 15) is 13.2 Å². The molecule has 0 aromatic carbocycles. The zero-order valence-corrected chi connectivity index (χ0v) is 12.7. The predicted molar refractivity (Wildman–Crippen MR) is 75.9 cm³/mol. The summed E-state index contributed by atoms with van der Waals surface area (Å²) in [6, 6.07) is 0. The first-order valence-corrected chi connectivity index (χ1v) is 9.41. The van der Waals surface area contributed by atoms with E-state index in [0.717, 1.165) is 12.8 Å². The summed E-state index contributed by atoms with van der Waals surface area (Å²) in [4.78, 5) is 12.0. The first-order chi connectivity index (χ1) is 9.02. The van der Waals surface area contributed by atoms with E-state index in [4.69, 9.17) is 11.6 Å². The van der Waals surface area contributed by atoms with Gasteiger partial charge in [0.25, 0.3) is 0 Å². The van der Waals surface area contributed by atoms with Gasteiger partial charge in [0.2, 0.25) is 5.91 Å². The number of carbonyl (C=O) groups excluding carboxylic acids is 1. The van der Waals surface area contributed by atoms with Crippen molar-refractivity contribution < 1.29 is 13.2 Å². The molecule has 0 aromatic rings. The van der Waals surface area contributed by atoms with Crippen molar-refractivity contribution in [1.82, 2.24) is 5.32 Å². The Labute approximate surface area is 120 Å². The summed E-state index contributed by atoms with van der Waals surface area (Å²) < 4.78 is 22.7. The predicted octanol–water partition coefficient (Wildman–Crippen LogP) is 1.58. The number of carbonyl (C=O) groups is 1. The fourth-order valence-electron chi connectivity index (χ4n) is 3.13. The standard InChI is InChI=1S/C13H22ClNO3S/c14-7-10-3-1-2-4-11(10)8-15-13(16)12-5-6-19(17,18)9-12/h10-12H,1-9H2,(H,15,16). The molecule has 1 N–H and O–H groups in total. The van der Waals surface area contributed by atoms with Gasteiger partial charge in [-0.15, -0.1) is 11.6 Å². The van der Waals surface area contributed by atoms with E-state index < -0.39 is 9.84 Å². The van der Waals surface area contributed by atoms with Gasteiger partial charge < -0.3 is 5.32 Å². The molecule has 1 aliphatic carbocycles. The third-order valence-corrected chi connectivity index (χ3v) is 6.57. The lowest BCUT2D eigenvalue weighted by molar-refractivity contribution is -0.124. The molecule has 19 heavy (non-hydrogen) atoms. The summed E-state index contributed by atoms with van der Waals surface area (Å²) in [5, 5.41) is 2.93. The molecule has 1 saturated carbocycles. The zero-order valence-electron chi connectivity index (χ0n) is 11.1. The summed E-state index contributed by atoms with van der Waals surface area (Å²) in [5.41, 5.74) is 0. The van der Waals surface area contributed by atoms with Crippen molar-refractivity contribution >= 4 is 27.3 Å². The second-order valence-corrected chi connectivity index (χ2v) is 8.34. The molecule has 2 rings (SSSR count). The van der Waals surface area contributed by atoms with E-state index in [0.29, 0.717) is 30.7 Å². The SMILES string of the molecule is O=C(NCC1CCCCC1CCl)C1CCS(=O)(=O)C1. The number of hydrogen-bond donors (Lipinski definition) is 1. The molecule has 0 aromatic heterocycles. The van der Waals surface area contributed by atoms with Crippen molar-refractivity contribution in [3.63, 3.8) is 0 Å². The fraction of sp³-hybridized carbons (Fsp3) is 0.923. The molecular formula is C13H22ClNO3S. The van der Waals surface area contributed by atoms with Crippen LogP contribution in [-0.4, -0.2) is 38.3 Å². The van der Waals surface area contributed by atoms with Gasteiger partial charge in [-0.25, -0.2) is 8.42 Å². The van der Waals surface area contributed by atoms with Crippen LogP contribution in [-0.2, 0) is 14.6 Å². The molecule has 110 valence electrons. The number of sulfone groups is 1. The number of hydrogen-bond acceptors (Lipinski definition) is 3. The van der Waals surface area contributed by atoms with E-state index in [-0.39, 0.29) is 23.3 Å². The maximum Gasteiger partial charge on any atom is 0.224 e. The summed E-state index contributed by atoms with van der Waals surface area (Å²) >= 11 is 5.96. The summed E-state index contributed by atoms with van der Waals surface area (Å²) in [6.07, 6.45) is 5.15. The van der Waals surface area contributed by atoms with Crippen molar-refractivity contribution in [2.45, 2.75) is 32.1 Å². The van der Waals surface area contributed by atoms with Gasteiger partial charge >= 0.3 is 0 Å². The zero-order chi connectivity index (χ0) is 13.9. The lowest BCUT2D eigenvalue weighted by Crippen LogP contribution is -2.38. The van der Waals surface area contributed by atoms with Crippen LogP contribution in [0, 0.1) is 17.8 Å². The molecule has 1 heterocycles. The van der Waals surface area contributed by atoms with Crippen LogP contribution < -0.4 is 5.32 Å². The Morgan fingerprint density at radius 3 is 2.42 bits per heavy atom. The number of halogens is 1. The largest absolute Gasteiger partial charge is 0.356 e. The maximum atomic E-state index is 12.0. The normalized spacial score (nSPS) is 34.1. The summed E-state index contributed by atoms with van der Waals surface area (Å²) in [7, 11) is -2.98. The first kappa shape index (κ1) is 15.1. The monoisotopic (exact) mass is 307 g/mol. The molecule has 0 bridgehead atoms. The van der Waals surface area contributed by atoms with Crippen LogP contribution in [0.15, 0.2) is 0 Å². The Kier molecular flexibility index (Phi) is 5.12. The maximum absolute atomic E-state index is 12.0. The second-order valence-electron chi connectivity index (χ2n) is 5.80. The van der Waals surface area contributed by atoms with Crippen LogP contribution in [0.1, 0.15) is 32.1 Å². The van der Waals surface area contributed by atoms with Crippen molar-refractivity contribution in [3.8, 4) is 0 Å². The van der Waals surface area contributed by atoms with Crippen LogP contribution >= 0.6 is 11.6 Å². The van der Waals surface area contributed by atoms with Gasteiger partial charge in [0.05, 0.1) is 17.4 Å². The first-order valence-electron chi connectivity index (χ1n) is 7.06. The van der Waals surface area contributed by atoms with E-state index in [1.165, 1.54) is 12.8 Å². The molecule has 0 spiro atoms. The minimum Gasteiger partial charge on any atom is -0.356 e. The van der Waals surface area contributed by atoms with Crippen molar-refractivity contribution in [3.05, 3.63) is 0 Å².